The van der Waals surface area contributed by atoms with E-state index in [9.17, 15) is 19.2 Å². The van der Waals surface area contributed by atoms with Crippen LogP contribution in [0.4, 0.5) is 5.69 Å². The van der Waals surface area contributed by atoms with Gasteiger partial charge < -0.3 is 15.7 Å². The smallest absolute Gasteiger partial charge is 0.322 e. The van der Waals surface area contributed by atoms with Crippen LogP contribution in [0.2, 0.25) is 0 Å². The summed E-state index contributed by atoms with van der Waals surface area (Å²) < 4.78 is 0. The van der Waals surface area contributed by atoms with Crippen molar-refractivity contribution in [1.29, 1.82) is 0 Å². The Morgan fingerprint density at radius 3 is 2.75 bits per heavy atom. The maximum atomic E-state index is 12.0. The Morgan fingerprint density at radius 2 is 2.12 bits per heavy atom. The number of amides is 3. The number of hydrogen-bond acceptors (Lipinski definition) is 5. The number of aliphatic carboxylic acids is 1. The SMILES string of the molecule is CC(=O)N(c1cccc(C(=O)NCC(=O)O)c1)N1CCNCC1=O. The van der Waals surface area contributed by atoms with Gasteiger partial charge in [0, 0.05) is 19.0 Å². The first kappa shape index (κ1) is 17.4. The van der Waals surface area contributed by atoms with Gasteiger partial charge in [-0.3, -0.25) is 19.2 Å². The first-order chi connectivity index (χ1) is 11.4. The zero-order valence-corrected chi connectivity index (χ0v) is 13.1. The van der Waals surface area contributed by atoms with E-state index in [2.05, 4.69) is 10.6 Å². The van der Waals surface area contributed by atoms with Crippen LogP contribution in [0.3, 0.4) is 0 Å². The highest BCUT2D eigenvalue weighted by molar-refractivity contribution is 5.99. The zero-order valence-electron chi connectivity index (χ0n) is 13.1. The Bertz CT molecular complexity index is 676. The molecule has 128 valence electrons. The molecular weight excluding hydrogens is 316 g/mol. The van der Waals surface area contributed by atoms with Gasteiger partial charge in [-0.2, -0.15) is 0 Å². The van der Waals surface area contributed by atoms with Crippen molar-refractivity contribution in [2.75, 3.05) is 31.2 Å². The normalized spacial score (nSPS) is 14.2. The number of nitrogens with zero attached hydrogens (tertiary/aromatic N) is 2. The lowest BCUT2D eigenvalue weighted by Crippen LogP contribution is -2.57. The van der Waals surface area contributed by atoms with E-state index in [0.717, 1.165) is 0 Å². The Kier molecular flexibility index (Phi) is 5.48. The van der Waals surface area contributed by atoms with Crippen molar-refractivity contribution in [3.8, 4) is 0 Å². The molecule has 1 aromatic rings. The van der Waals surface area contributed by atoms with E-state index in [1.54, 1.807) is 12.1 Å². The molecular formula is C15H18N4O5. The molecule has 0 radical (unpaired) electrons. The topological polar surface area (TPSA) is 119 Å². The van der Waals surface area contributed by atoms with E-state index in [0.29, 0.717) is 18.8 Å². The number of carbonyl (C=O) groups is 4. The maximum absolute atomic E-state index is 12.0. The number of piperazine rings is 1. The van der Waals surface area contributed by atoms with Gasteiger partial charge in [-0.15, -0.1) is 0 Å². The van der Waals surface area contributed by atoms with Gasteiger partial charge in [0.1, 0.15) is 6.54 Å². The second-order valence-corrected chi connectivity index (χ2v) is 5.15. The van der Waals surface area contributed by atoms with Crippen LogP contribution >= 0.6 is 0 Å². The Hall–Kier alpha value is -2.94. The van der Waals surface area contributed by atoms with Gasteiger partial charge in [0.15, 0.2) is 0 Å². The summed E-state index contributed by atoms with van der Waals surface area (Å²) in [4.78, 5) is 46.5. The number of carboxylic acid groups (broad SMARTS) is 1. The number of rotatable bonds is 5. The molecule has 9 nitrogen and oxygen atoms in total. The quantitative estimate of drug-likeness (QED) is 0.649. The summed E-state index contributed by atoms with van der Waals surface area (Å²) in [6.45, 7) is 1.83. The van der Waals surface area contributed by atoms with Crippen LogP contribution in [-0.4, -0.2) is 60.0 Å². The highest BCUT2D eigenvalue weighted by Crippen LogP contribution is 2.19. The fraction of sp³-hybridized carbons (Fsp3) is 0.333. The summed E-state index contributed by atoms with van der Waals surface area (Å²) in [5, 5.41) is 16.3. The van der Waals surface area contributed by atoms with Gasteiger partial charge in [-0.1, -0.05) is 6.07 Å². The van der Waals surface area contributed by atoms with Crippen molar-refractivity contribution in [3.63, 3.8) is 0 Å². The molecule has 1 aliphatic heterocycles. The van der Waals surface area contributed by atoms with E-state index in [1.165, 1.54) is 29.1 Å². The third-order valence-corrected chi connectivity index (χ3v) is 3.36. The molecule has 2 rings (SSSR count). The molecule has 0 saturated carbocycles. The first-order valence-corrected chi connectivity index (χ1v) is 7.32. The summed E-state index contributed by atoms with van der Waals surface area (Å²) in [5.74, 6) is -2.35. The Morgan fingerprint density at radius 1 is 1.38 bits per heavy atom. The second-order valence-electron chi connectivity index (χ2n) is 5.15. The number of hydrogen-bond donors (Lipinski definition) is 3. The third-order valence-electron chi connectivity index (χ3n) is 3.36. The third kappa shape index (κ3) is 4.07. The number of nitrogens with one attached hydrogen (secondary N) is 2. The molecule has 0 aromatic heterocycles. The minimum Gasteiger partial charge on any atom is -0.480 e. The molecule has 0 spiro atoms. The summed E-state index contributed by atoms with van der Waals surface area (Å²) in [6, 6.07) is 6.10. The van der Waals surface area contributed by atoms with Gasteiger partial charge in [-0.05, 0) is 18.2 Å². The molecule has 1 heterocycles. The van der Waals surface area contributed by atoms with Crippen molar-refractivity contribution < 1.29 is 24.3 Å². The lowest BCUT2D eigenvalue weighted by Gasteiger charge is -2.36. The van der Waals surface area contributed by atoms with Gasteiger partial charge in [0.2, 0.25) is 5.91 Å². The first-order valence-electron chi connectivity index (χ1n) is 7.32. The second kappa shape index (κ2) is 7.55. The average molecular weight is 334 g/mol. The minimum atomic E-state index is -1.16. The predicted molar refractivity (Wildman–Crippen MR) is 84.2 cm³/mol. The highest BCUT2D eigenvalue weighted by Gasteiger charge is 2.27. The molecule has 1 aliphatic rings. The number of anilines is 1. The lowest BCUT2D eigenvalue weighted by atomic mass is 10.2. The van der Waals surface area contributed by atoms with Crippen molar-refractivity contribution in [3.05, 3.63) is 29.8 Å². The number of benzene rings is 1. The minimum absolute atomic E-state index is 0.128. The highest BCUT2D eigenvalue weighted by atomic mass is 16.4. The van der Waals surface area contributed by atoms with E-state index in [4.69, 9.17) is 5.11 Å². The van der Waals surface area contributed by atoms with Crippen LogP contribution in [-0.2, 0) is 14.4 Å². The molecule has 1 fully saturated rings. The van der Waals surface area contributed by atoms with Crippen molar-refractivity contribution in [2.24, 2.45) is 0 Å². The summed E-state index contributed by atoms with van der Waals surface area (Å²) >= 11 is 0. The number of carbonyl (C=O) groups excluding carboxylic acids is 3. The fourth-order valence-corrected chi connectivity index (χ4v) is 2.34. The standard InChI is InChI=1S/C15H18N4O5/c1-10(20)19(18-6-5-16-8-13(18)21)12-4-2-3-11(7-12)15(24)17-9-14(22)23/h2-4,7,16H,5-6,8-9H2,1H3,(H,17,24)(H,22,23). The predicted octanol–water partition coefficient (Wildman–Crippen LogP) is -0.799. The molecule has 1 aromatic carbocycles. The van der Waals surface area contributed by atoms with E-state index < -0.39 is 18.4 Å². The van der Waals surface area contributed by atoms with E-state index >= 15 is 0 Å². The largest absolute Gasteiger partial charge is 0.480 e. The van der Waals surface area contributed by atoms with Crippen molar-refractivity contribution >= 4 is 29.4 Å². The zero-order chi connectivity index (χ0) is 17.7. The van der Waals surface area contributed by atoms with Gasteiger partial charge >= 0.3 is 5.97 Å². The maximum Gasteiger partial charge on any atom is 0.322 e. The summed E-state index contributed by atoms with van der Waals surface area (Å²) in [5.41, 5.74) is 0.559. The molecule has 0 bridgehead atoms. The molecule has 3 amide bonds. The van der Waals surface area contributed by atoms with Crippen molar-refractivity contribution in [1.82, 2.24) is 15.6 Å². The summed E-state index contributed by atoms with van der Waals surface area (Å²) in [6.07, 6.45) is 0. The molecule has 9 heteroatoms. The van der Waals surface area contributed by atoms with Crippen LogP contribution in [0.25, 0.3) is 0 Å². The van der Waals surface area contributed by atoms with Crippen LogP contribution in [0.5, 0.6) is 0 Å². The van der Waals surface area contributed by atoms with Gasteiger partial charge in [0.25, 0.3) is 11.8 Å². The van der Waals surface area contributed by atoms with Gasteiger partial charge in [0.05, 0.1) is 18.8 Å². The molecule has 0 aliphatic carbocycles. The number of hydrazine groups is 1. The Balaban J connectivity index is 2.26. The lowest BCUT2D eigenvalue weighted by molar-refractivity contribution is -0.137. The van der Waals surface area contributed by atoms with Crippen LogP contribution < -0.4 is 15.6 Å². The van der Waals surface area contributed by atoms with Crippen molar-refractivity contribution in [2.45, 2.75) is 6.92 Å². The van der Waals surface area contributed by atoms with Crippen LogP contribution in [0.1, 0.15) is 17.3 Å². The van der Waals surface area contributed by atoms with E-state index in [-0.39, 0.29) is 23.9 Å². The molecule has 0 atom stereocenters. The average Bonchev–Trinajstić information content (AvgIpc) is 2.54. The fourth-order valence-electron chi connectivity index (χ4n) is 2.34. The van der Waals surface area contributed by atoms with E-state index in [1.807, 2.05) is 0 Å². The Labute approximate surface area is 138 Å². The molecule has 3 N–H and O–H groups in total. The monoisotopic (exact) mass is 334 g/mol. The van der Waals surface area contributed by atoms with Crippen LogP contribution in [0, 0.1) is 0 Å². The van der Waals surface area contributed by atoms with Crippen LogP contribution in [0.15, 0.2) is 24.3 Å². The molecule has 0 unspecified atom stereocenters. The molecule has 24 heavy (non-hydrogen) atoms. The summed E-state index contributed by atoms with van der Waals surface area (Å²) in [7, 11) is 0. The van der Waals surface area contributed by atoms with Gasteiger partial charge in [-0.25, -0.2) is 10.0 Å². The molecule has 1 saturated heterocycles. The number of carboxylic acids is 1.